The second kappa shape index (κ2) is 6.88. The van der Waals surface area contributed by atoms with Crippen molar-refractivity contribution in [2.75, 3.05) is 6.54 Å². The summed E-state index contributed by atoms with van der Waals surface area (Å²) >= 11 is 0. The second-order valence-electron chi connectivity index (χ2n) is 10.7. The summed E-state index contributed by atoms with van der Waals surface area (Å²) < 4.78 is 0. The molecule has 2 amide bonds. The zero-order chi connectivity index (χ0) is 20.3. The summed E-state index contributed by atoms with van der Waals surface area (Å²) in [5.74, 6) is 1.91. The molecule has 0 spiro atoms. The molecular weight excluding hydrogens is 348 g/mol. The van der Waals surface area contributed by atoms with Crippen LogP contribution in [0.5, 0.6) is 0 Å². The number of nitrogens with zero attached hydrogens (tertiary/aromatic N) is 1. The molecule has 0 aromatic carbocycles. The molecule has 4 heteroatoms. The number of carbonyl (C=O) groups excluding carboxylic acids is 2. The molecule has 4 rings (SSSR count). The van der Waals surface area contributed by atoms with Crippen molar-refractivity contribution >= 4 is 11.8 Å². The summed E-state index contributed by atoms with van der Waals surface area (Å²) in [4.78, 5) is 28.0. The SMILES string of the molecule is CCN1C(=O)C(C(=O)NC(C)C)=C[C@@]2(C)C1CC[C@@H]1[C@H]2CC[C@]2(C)CCC[C@@H]12. The minimum absolute atomic E-state index is 0.0368. The van der Waals surface area contributed by atoms with Gasteiger partial charge in [-0.3, -0.25) is 9.59 Å². The van der Waals surface area contributed by atoms with E-state index in [1.807, 2.05) is 18.7 Å². The Bertz CT molecular complexity index is 699. The lowest BCUT2D eigenvalue weighted by Crippen LogP contribution is -2.62. The lowest BCUT2D eigenvalue weighted by atomic mass is 9.48. The second-order valence-corrected chi connectivity index (χ2v) is 10.7. The number of likely N-dealkylation sites (N-methyl/N-ethyl adjacent to an activating group) is 1. The molecule has 4 nitrogen and oxygen atoms in total. The van der Waals surface area contributed by atoms with E-state index in [2.05, 4.69) is 32.2 Å². The minimum Gasteiger partial charge on any atom is -0.350 e. The molecule has 0 bridgehead atoms. The van der Waals surface area contributed by atoms with Crippen LogP contribution in [0.4, 0.5) is 0 Å². The van der Waals surface area contributed by atoms with Crippen molar-refractivity contribution in [3.05, 3.63) is 11.6 Å². The zero-order valence-electron chi connectivity index (χ0n) is 18.4. The van der Waals surface area contributed by atoms with Crippen LogP contribution in [-0.2, 0) is 9.59 Å². The molecule has 28 heavy (non-hydrogen) atoms. The topological polar surface area (TPSA) is 49.4 Å². The van der Waals surface area contributed by atoms with Crippen molar-refractivity contribution in [1.82, 2.24) is 10.2 Å². The van der Waals surface area contributed by atoms with Gasteiger partial charge in [-0.2, -0.15) is 0 Å². The summed E-state index contributed by atoms with van der Waals surface area (Å²) in [6, 6.07) is 0.280. The third-order valence-corrected chi connectivity index (χ3v) is 8.84. The fraction of sp³-hybridized carbons (Fsp3) is 0.833. The van der Waals surface area contributed by atoms with E-state index in [-0.39, 0.29) is 29.3 Å². The highest BCUT2D eigenvalue weighted by molar-refractivity contribution is 6.19. The quantitative estimate of drug-likeness (QED) is 0.735. The number of hydrogen-bond acceptors (Lipinski definition) is 2. The highest BCUT2D eigenvalue weighted by atomic mass is 16.2. The van der Waals surface area contributed by atoms with E-state index in [0.29, 0.717) is 23.5 Å². The third kappa shape index (κ3) is 2.85. The third-order valence-electron chi connectivity index (χ3n) is 8.84. The Morgan fingerprint density at radius 3 is 2.61 bits per heavy atom. The maximum Gasteiger partial charge on any atom is 0.259 e. The van der Waals surface area contributed by atoms with Gasteiger partial charge in [-0.05, 0) is 82.5 Å². The van der Waals surface area contributed by atoms with Crippen molar-refractivity contribution in [2.24, 2.45) is 28.6 Å². The summed E-state index contributed by atoms with van der Waals surface area (Å²) in [6.07, 6.45) is 11.1. The first kappa shape index (κ1) is 20.0. The van der Waals surface area contributed by atoms with Crippen molar-refractivity contribution in [3.8, 4) is 0 Å². The van der Waals surface area contributed by atoms with E-state index in [4.69, 9.17) is 0 Å². The van der Waals surface area contributed by atoms with Crippen LogP contribution in [0.15, 0.2) is 11.6 Å². The van der Waals surface area contributed by atoms with E-state index in [0.717, 1.165) is 18.3 Å². The van der Waals surface area contributed by atoms with Crippen LogP contribution in [0, 0.1) is 28.6 Å². The lowest BCUT2D eigenvalue weighted by molar-refractivity contribution is -0.143. The van der Waals surface area contributed by atoms with Crippen molar-refractivity contribution in [1.29, 1.82) is 0 Å². The van der Waals surface area contributed by atoms with Gasteiger partial charge in [0.2, 0.25) is 0 Å². The number of rotatable bonds is 3. The fourth-order valence-corrected chi connectivity index (χ4v) is 7.59. The van der Waals surface area contributed by atoms with Crippen LogP contribution in [-0.4, -0.2) is 35.3 Å². The van der Waals surface area contributed by atoms with Crippen molar-refractivity contribution < 1.29 is 9.59 Å². The molecule has 4 aliphatic rings. The molecule has 0 aromatic heterocycles. The molecular formula is C24H38N2O2. The summed E-state index contributed by atoms with van der Waals surface area (Å²) in [5, 5.41) is 2.96. The Balaban J connectivity index is 1.73. The predicted molar refractivity (Wildman–Crippen MR) is 112 cm³/mol. The Kier molecular flexibility index (Phi) is 4.91. The van der Waals surface area contributed by atoms with E-state index < -0.39 is 0 Å². The molecule has 3 saturated carbocycles. The van der Waals surface area contributed by atoms with Gasteiger partial charge in [0.05, 0.1) is 0 Å². The van der Waals surface area contributed by atoms with Gasteiger partial charge < -0.3 is 10.2 Å². The Morgan fingerprint density at radius 1 is 1.18 bits per heavy atom. The lowest BCUT2D eigenvalue weighted by Gasteiger charge is -2.60. The number of nitrogens with one attached hydrogen (secondary N) is 1. The van der Waals surface area contributed by atoms with Crippen molar-refractivity contribution in [3.63, 3.8) is 0 Å². The van der Waals surface area contributed by atoms with Crippen LogP contribution in [0.1, 0.15) is 79.6 Å². The standard InChI is InChI=1S/C24H38N2O2/c1-6-26-20-10-9-16-18-8-7-12-23(18,4)13-11-19(16)24(20,5)14-17(22(26)28)21(27)25-15(2)3/h14-16,18-20H,6-13H2,1-5H3,(H,25,27)/t16-,18-,19+,20?,23-,24+/m0/s1. The van der Waals surface area contributed by atoms with Gasteiger partial charge in [0.1, 0.15) is 5.57 Å². The first-order valence-electron chi connectivity index (χ1n) is 11.6. The number of carbonyl (C=O) groups is 2. The van der Waals surface area contributed by atoms with Crippen LogP contribution in [0.3, 0.4) is 0 Å². The minimum atomic E-state index is -0.193. The highest BCUT2D eigenvalue weighted by Crippen LogP contribution is 2.64. The first-order valence-corrected chi connectivity index (χ1v) is 11.6. The average molecular weight is 387 g/mol. The van der Waals surface area contributed by atoms with E-state index in [1.54, 1.807) is 0 Å². The first-order chi connectivity index (χ1) is 13.2. The molecule has 3 aliphatic carbocycles. The molecule has 1 aliphatic heterocycles. The summed E-state index contributed by atoms with van der Waals surface area (Å²) in [6.45, 7) is 11.5. The molecule has 0 radical (unpaired) electrons. The van der Waals surface area contributed by atoms with Gasteiger partial charge in [-0.15, -0.1) is 0 Å². The maximum atomic E-state index is 13.2. The normalized spacial score (nSPS) is 42.6. The Hall–Kier alpha value is -1.32. The zero-order valence-corrected chi connectivity index (χ0v) is 18.4. The van der Waals surface area contributed by atoms with Gasteiger partial charge in [0.15, 0.2) is 0 Å². The van der Waals surface area contributed by atoms with E-state index >= 15 is 0 Å². The van der Waals surface area contributed by atoms with Crippen LogP contribution in [0.25, 0.3) is 0 Å². The molecule has 1 N–H and O–H groups in total. The highest BCUT2D eigenvalue weighted by Gasteiger charge is 2.59. The maximum absolute atomic E-state index is 13.2. The van der Waals surface area contributed by atoms with Gasteiger partial charge in [0, 0.05) is 24.0 Å². The van der Waals surface area contributed by atoms with Crippen LogP contribution in [0.2, 0.25) is 0 Å². The average Bonchev–Trinajstić information content (AvgIpc) is 3.03. The monoisotopic (exact) mass is 386 g/mol. The van der Waals surface area contributed by atoms with Crippen molar-refractivity contribution in [2.45, 2.75) is 91.6 Å². The van der Waals surface area contributed by atoms with Gasteiger partial charge in [0.25, 0.3) is 11.8 Å². The Morgan fingerprint density at radius 2 is 1.93 bits per heavy atom. The number of hydrogen-bond donors (Lipinski definition) is 1. The smallest absolute Gasteiger partial charge is 0.259 e. The van der Waals surface area contributed by atoms with E-state index in [1.165, 1.54) is 38.5 Å². The summed E-state index contributed by atoms with van der Waals surface area (Å²) in [7, 11) is 0. The van der Waals surface area contributed by atoms with Gasteiger partial charge >= 0.3 is 0 Å². The fourth-order valence-electron chi connectivity index (χ4n) is 7.59. The largest absolute Gasteiger partial charge is 0.350 e. The Labute approximate surface area is 170 Å². The molecule has 156 valence electrons. The van der Waals surface area contributed by atoms with Crippen LogP contribution >= 0.6 is 0 Å². The molecule has 1 heterocycles. The van der Waals surface area contributed by atoms with Crippen LogP contribution < -0.4 is 5.32 Å². The molecule has 3 fully saturated rings. The van der Waals surface area contributed by atoms with Gasteiger partial charge in [-0.25, -0.2) is 0 Å². The predicted octanol–water partition coefficient (Wildman–Crippen LogP) is 4.30. The molecule has 0 saturated heterocycles. The number of fused-ring (bicyclic) bond motifs is 5. The summed E-state index contributed by atoms with van der Waals surface area (Å²) in [5.41, 5.74) is 0.830. The molecule has 1 unspecified atom stereocenters. The molecule has 0 aromatic rings. The van der Waals surface area contributed by atoms with Gasteiger partial charge in [-0.1, -0.05) is 26.3 Å². The number of amides is 2. The molecule has 6 atom stereocenters. The van der Waals surface area contributed by atoms with E-state index in [9.17, 15) is 9.59 Å².